The molecular formula is C19H20ClNO4. The Kier molecular flexibility index (Phi) is 7.29. The Balaban J connectivity index is 1.75. The Hall–Kier alpha value is -2.53. The first kappa shape index (κ1) is 18.8. The first-order valence-corrected chi connectivity index (χ1v) is 8.37. The van der Waals surface area contributed by atoms with E-state index in [1.165, 1.54) is 0 Å². The van der Waals surface area contributed by atoms with Crippen LogP contribution in [0.1, 0.15) is 22.8 Å². The molecule has 0 spiro atoms. The van der Waals surface area contributed by atoms with Crippen molar-refractivity contribution >= 4 is 23.5 Å². The third kappa shape index (κ3) is 6.47. The van der Waals surface area contributed by atoms with E-state index in [0.29, 0.717) is 35.9 Å². The molecule has 5 nitrogen and oxygen atoms in total. The van der Waals surface area contributed by atoms with Crippen molar-refractivity contribution in [3.05, 3.63) is 64.7 Å². The van der Waals surface area contributed by atoms with Crippen molar-refractivity contribution in [1.82, 2.24) is 5.32 Å². The largest absolute Gasteiger partial charge is 0.482 e. The van der Waals surface area contributed by atoms with E-state index in [-0.39, 0.29) is 12.5 Å². The van der Waals surface area contributed by atoms with Gasteiger partial charge in [0, 0.05) is 17.1 Å². The number of hydrogen-bond donors (Lipinski definition) is 1. The molecule has 0 aromatic heterocycles. The zero-order valence-corrected chi connectivity index (χ0v) is 14.7. The van der Waals surface area contributed by atoms with Crippen LogP contribution in [0, 0.1) is 0 Å². The minimum atomic E-state index is -0.392. The lowest BCUT2D eigenvalue weighted by molar-refractivity contribution is -0.145. The standard InChI is InChI=1S/C19H20ClNO4/c1-2-24-18(22)13-25-17-9-3-14(4-10-17)11-12-21-19(23)15-5-7-16(20)8-6-15/h3-10H,2,11-13H2,1H3,(H,21,23). The van der Waals surface area contributed by atoms with E-state index in [1.807, 2.05) is 12.1 Å². The Bertz CT molecular complexity index is 698. The van der Waals surface area contributed by atoms with Gasteiger partial charge >= 0.3 is 5.97 Å². The molecule has 1 amide bonds. The molecule has 0 saturated heterocycles. The third-order valence-electron chi connectivity index (χ3n) is 3.39. The second-order valence-electron chi connectivity index (χ2n) is 5.25. The van der Waals surface area contributed by atoms with Crippen LogP contribution >= 0.6 is 11.6 Å². The van der Waals surface area contributed by atoms with Crippen molar-refractivity contribution < 1.29 is 19.1 Å². The van der Waals surface area contributed by atoms with E-state index in [9.17, 15) is 9.59 Å². The smallest absolute Gasteiger partial charge is 0.344 e. The number of ether oxygens (including phenoxy) is 2. The Labute approximate surface area is 151 Å². The zero-order valence-electron chi connectivity index (χ0n) is 14.0. The summed E-state index contributed by atoms with van der Waals surface area (Å²) in [6.07, 6.45) is 0.692. The summed E-state index contributed by atoms with van der Waals surface area (Å²) in [5.74, 6) is 0.0737. The van der Waals surface area contributed by atoms with Crippen molar-refractivity contribution in [1.29, 1.82) is 0 Å². The predicted molar refractivity (Wildman–Crippen MR) is 96.1 cm³/mol. The molecule has 1 N–H and O–H groups in total. The molecule has 0 aliphatic rings. The quantitative estimate of drug-likeness (QED) is 0.733. The van der Waals surface area contributed by atoms with Crippen molar-refractivity contribution in [2.75, 3.05) is 19.8 Å². The summed E-state index contributed by atoms with van der Waals surface area (Å²) in [7, 11) is 0. The van der Waals surface area contributed by atoms with Crippen LogP contribution in [0.25, 0.3) is 0 Å². The van der Waals surface area contributed by atoms with E-state index in [0.717, 1.165) is 5.56 Å². The predicted octanol–water partition coefficient (Wildman–Crippen LogP) is 3.25. The van der Waals surface area contributed by atoms with Crippen molar-refractivity contribution in [2.24, 2.45) is 0 Å². The monoisotopic (exact) mass is 361 g/mol. The lowest BCUT2D eigenvalue weighted by atomic mass is 10.1. The van der Waals surface area contributed by atoms with Gasteiger partial charge in [0.1, 0.15) is 5.75 Å². The van der Waals surface area contributed by atoms with Gasteiger partial charge in [-0.15, -0.1) is 0 Å². The molecule has 0 atom stereocenters. The van der Waals surface area contributed by atoms with Gasteiger partial charge in [-0.05, 0) is 55.3 Å². The van der Waals surface area contributed by atoms with Crippen LogP contribution in [0.5, 0.6) is 5.75 Å². The summed E-state index contributed by atoms with van der Waals surface area (Å²) < 4.78 is 10.1. The fourth-order valence-electron chi connectivity index (χ4n) is 2.12. The van der Waals surface area contributed by atoms with E-state index < -0.39 is 5.97 Å². The summed E-state index contributed by atoms with van der Waals surface area (Å²) in [6.45, 7) is 2.50. The molecule has 0 saturated carbocycles. The van der Waals surface area contributed by atoms with Crippen LogP contribution in [-0.2, 0) is 16.0 Å². The number of esters is 1. The Morgan fingerprint density at radius 1 is 1.04 bits per heavy atom. The van der Waals surface area contributed by atoms with Crippen molar-refractivity contribution in [2.45, 2.75) is 13.3 Å². The van der Waals surface area contributed by atoms with E-state index >= 15 is 0 Å². The minimum absolute atomic E-state index is 0.107. The molecule has 25 heavy (non-hydrogen) atoms. The molecule has 0 aliphatic carbocycles. The number of carbonyl (C=O) groups excluding carboxylic acids is 2. The van der Waals surface area contributed by atoms with Crippen LogP contribution < -0.4 is 10.1 Å². The highest BCUT2D eigenvalue weighted by molar-refractivity contribution is 6.30. The number of nitrogens with one attached hydrogen (secondary N) is 1. The second kappa shape index (κ2) is 9.69. The van der Waals surface area contributed by atoms with Crippen molar-refractivity contribution in [3.8, 4) is 5.75 Å². The third-order valence-corrected chi connectivity index (χ3v) is 3.64. The summed E-state index contributed by atoms with van der Waals surface area (Å²) in [4.78, 5) is 23.2. The molecule has 0 bridgehead atoms. The minimum Gasteiger partial charge on any atom is -0.482 e. The molecule has 132 valence electrons. The first-order chi connectivity index (χ1) is 12.1. The van der Waals surface area contributed by atoms with Gasteiger partial charge in [-0.1, -0.05) is 23.7 Å². The molecule has 0 heterocycles. The summed E-state index contributed by atoms with van der Waals surface area (Å²) in [5, 5.41) is 3.46. The number of amides is 1. The molecule has 0 radical (unpaired) electrons. The van der Waals surface area contributed by atoms with Crippen LogP contribution in [0.4, 0.5) is 0 Å². The summed E-state index contributed by atoms with van der Waals surface area (Å²) in [6, 6.07) is 14.1. The van der Waals surface area contributed by atoms with E-state index in [4.69, 9.17) is 21.1 Å². The number of halogens is 1. The topological polar surface area (TPSA) is 64.6 Å². The fraction of sp³-hybridized carbons (Fsp3) is 0.263. The normalized spacial score (nSPS) is 10.2. The van der Waals surface area contributed by atoms with Gasteiger partial charge < -0.3 is 14.8 Å². The lowest BCUT2D eigenvalue weighted by Gasteiger charge is -2.08. The lowest BCUT2D eigenvalue weighted by Crippen LogP contribution is -2.25. The molecule has 0 fully saturated rings. The van der Waals surface area contributed by atoms with Gasteiger partial charge in [0.15, 0.2) is 6.61 Å². The molecule has 2 rings (SSSR count). The molecule has 2 aromatic rings. The van der Waals surface area contributed by atoms with Gasteiger partial charge in [0.05, 0.1) is 6.61 Å². The molecule has 2 aromatic carbocycles. The summed E-state index contributed by atoms with van der Waals surface area (Å²) >= 11 is 5.80. The highest BCUT2D eigenvalue weighted by atomic mass is 35.5. The van der Waals surface area contributed by atoms with Crippen LogP contribution in [0.2, 0.25) is 5.02 Å². The number of benzene rings is 2. The van der Waals surface area contributed by atoms with E-state index in [1.54, 1.807) is 43.3 Å². The highest BCUT2D eigenvalue weighted by Gasteiger charge is 2.05. The van der Waals surface area contributed by atoms with Gasteiger partial charge in [-0.3, -0.25) is 4.79 Å². The van der Waals surface area contributed by atoms with Crippen LogP contribution in [0.15, 0.2) is 48.5 Å². The molecule has 0 aliphatic heterocycles. The SMILES string of the molecule is CCOC(=O)COc1ccc(CCNC(=O)c2ccc(Cl)cc2)cc1. The highest BCUT2D eigenvalue weighted by Crippen LogP contribution is 2.13. The first-order valence-electron chi connectivity index (χ1n) is 7.99. The maximum Gasteiger partial charge on any atom is 0.344 e. The number of rotatable bonds is 8. The molecule has 0 unspecified atom stereocenters. The molecule has 6 heteroatoms. The fourth-order valence-corrected chi connectivity index (χ4v) is 2.25. The summed E-state index contributed by atoms with van der Waals surface area (Å²) in [5.41, 5.74) is 1.63. The number of carbonyl (C=O) groups is 2. The van der Waals surface area contributed by atoms with Crippen molar-refractivity contribution in [3.63, 3.8) is 0 Å². The Morgan fingerprint density at radius 2 is 1.72 bits per heavy atom. The van der Waals surface area contributed by atoms with Gasteiger partial charge in [-0.25, -0.2) is 4.79 Å². The van der Waals surface area contributed by atoms with Crippen LogP contribution in [0.3, 0.4) is 0 Å². The van der Waals surface area contributed by atoms with Gasteiger partial charge in [-0.2, -0.15) is 0 Å². The zero-order chi connectivity index (χ0) is 18.1. The second-order valence-corrected chi connectivity index (χ2v) is 5.69. The van der Waals surface area contributed by atoms with Gasteiger partial charge in [0.2, 0.25) is 0 Å². The number of hydrogen-bond acceptors (Lipinski definition) is 4. The average molecular weight is 362 g/mol. The maximum absolute atomic E-state index is 12.0. The Morgan fingerprint density at radius 3 is 2.36 bits per heavy atom. The van der Waals surface area contributed by atoms with E-state index in [2.05, 4.69) is 5.32 Å². The molecular weight excluding hydrogens is 342 g/mol. The van der Waals surface area contributed by atoms with Crippen LogP contribution in [-0.4, -0.2) is 31.6 Å². The van der Waals surface area contributed by atoms with Gasteiger partial charge in [0.25, 0.3) is 5.91 Å². The maximum atomic E-state index is 12.0. The average Bonchev–Trinajstić information content (AvgIpc) is 2.62.